The third kappa shape index (κ3) is 2.30. The number of hydrogen-bond donors (Lipinski definition) is 0. The second-order valence-corrected chi connectivity index (χ2v) is 4.55. The van der Waals surface area contributed by atoms with Gasteiger partial charge >= 0.3 is 0 Å². The van der Waals surface area contributed by atoms with Crippen LogP contribution < -0.4 is 0 Å². The molecule has 0 aliphatic heterocycles. The minimum atomic E-state index is -0.0896. The van der Waals surface area contributed by atoms with Crippen molar-refractivity contribution in [1.29, 1.82) is 0 Å². The summed E-state index contributed by atoms with van der Waals surface area (Å²) in [6, 6.07) is 18.8. The molecule has 3 rings (SSSR count). The van der Waals surface area contributed by atoms with Gasteiger partial charge < -0.3 is 0 Å². The Morgan fingerprint density at radius 1 is 0.842 bits per heavy atom. The highest BCUT2D eigenvalue weighted by Crippen LogP contribution is 2.23. The van der Waals surface area contributed by atoms with Gasteiger partial charge in [0.15, 0.2) is 5.69 Å². The van der Waals surface area contributed by atoms with E-state index in [-0.39, 0.29) is 5.78 Å². The van der Waals surface area contributed by atoms with Crippen molar-refractivity contribution in [2.45, 2.75) is 0 Å². The third-order valence-corrected chi connectivity index (χ3v) is 3.32. The zero-order chi connectivity index (χ0) is 13.1. The maximum absolute atomic E-state index is 12.4. The Morgan fingerprint density at radius 2 is 1.47 bits per heavy atom. The van der Waals surface area contributed by atoms with Gasteiger partial charge in [-0.05, 0) is 0 Å². The number of carbonyl (C=O) groups excluding carboxylic acids is 1. The van der Waals surface area contributed by atoms with E-state index >= 15 is 0 Å². The summed E-state index contributed by atoms with van der Waals surface area (Å²) in [4.78, 5) is 12.4. The predicted octanol–water partition coefficient (Wildman–Crippen LogP) is 3.44. The summed E-state index contributed by atoms with van der Waals surface area (Å²) in [6.07, 6.45) is 0. The summed E-state index contributed by atoms with van der Waals surface area (Å²) in [7, 11) is 0. The molecule has 3 nitrogen and oxygen atoms in total. The van der Waals surface area contributed by atoms with Crippen LogP contribution >= 0.6 is 11.7 Å². The molecule has 92 valence electrons. The first-order valence-corrected chi connectivity index (χ1v) is 6.57. The Kier molecular flexibility index (Phi) is 3.16. The second-order valence-electron chi connectivity index (χ2n) is 4.02. The Bertz CT molecular complexity index is 692. The first-order valence-electron chi connectivity index (χ1n) is 5.84. The maximum Gasteiger partial charge on any atom is 0.214 e. The molecule has 0 spiro atoms. The van der Waals surface area contributed by atoms with E-state index in [0.29, 0.717) is 17.0 Å². The summed E-state index contributed by atoms with van der Waals surface area (Å²) in [5, 5.41) is 0. The van der Waals surface area contributed by atoms with E-state index < -0.39 is 0 Å². The number of nitrogens with zero attached hydrogens (tertiary/aromatic N) is 2. The molecule has 0 saturated carbocycles. The highest BCUT2D eigenvalue weighted by Gasteiger charge is 2.18. The largest absolute Gasteiger partial charge is 0.287 e. The highest BCUT2D eigenvalue weighted by molar-refractivity contribution is 6.99. The van der Waals surface area contributed by atoms with Crippen LogP contribution in [0.1, 0.15) is 16.1 Å². The van der Waals surface area contributed by atoms with Gasteiger partial charge in [0, 0.05) is 11.1 Å². The second kappa shape index (κ2) is 5.12. The van der Waals surface area contributed by atoms with Crippen LogP contribution in [-0.4, -0.2) is 14.5 Å². The molecule has 2 aromatic carbocycles. The summed E-state index contributed by atoms with van der Waals surface area (Å²) >= 11 is 1.06. The van der Waals surface area contributed by atoms with Crippen LogP contribution in [0, 0.1) is 0 Å². The molecule has 0 amide bonds. The van der Waals surface area contributed by atoms with Gasteiger partial charge in [0.2, 0.25) is 5.78 Å². The first kappa shape index (κ1) is 11.7. The van der Waals surface area contributed by atoms with E-state index in [4.69, 9.17) is 0 Å². The molecule has 1 heterocycles. The van der Waals surface area contributed by atoms with Crippen LogP contribution in [0.15, 0.2) is 60.7 Å². The number of rotatable bonds is 3. The molecule has 0 bridgehead atoms. The molecule has 19 heavy (non-hydrogen) atoms. The number of hydrogen-bond acceptors (Lipinski definition) is 4. The minimum Gasteiger partial charge on any atom is -0.287 e. The third-order valence-electron chi connectivity index (χ3n) is 2.79. The van der Waals surface area contributed by atoms with Crippen LogP contribution in [0.5, 0.6) is 0 Å². The van der Waals surface area contributed by atoms with E-state index in [2.05, 4.69) is 8.75 Å². The van der Waals surface area contributed by atoms with Crippen LogP contribution in [0.25, 0.3) is 11.3 Å². The predicted molar refractivity (Wildman–Crippen MR) is 75.2 cm³/mol. The zero-order valence-electron chi connectivity index (χ0n) is 9.98. The van der Waals surface area contributed by atoms with Crippen LogP contribution in [-0.2, 0) is 0 Å². The number of ketones is 1. The summed E-state index contributed by atoms with van der Waals surface area (Å²) in [6.45, 7) is 0. The van der Waals surface area contributed by atoms with E-state index in [1.807, 2.05) is 48.5 Å². The lowest BCUT2D eigenvalue weighted by molar-refractivity contribution is 0.103. The molecule has 0 N–H and O–H groups in total. The van der Waals surface area contributed by atoms with Gasteiger partial charge in [-0.25, -0.2) is 0 Å². The van der Waals surface area contributed by atoms with Crippen molar-refractivity contribution in [3.05, 3.63) is 71.9 Å². The number of carbonyl (C=O) groups is 1. The van der Waals surface area contributed by atoms with Gasteiger partial charge in [-0.2, -0.15) is 8.75 Å². The van der Waals surface area contributed by atoms with E-state index in [1.54, 1.807) is 12.1 Å². The Labute approximate surface area is 114 Å². The Hall–Kier alpha value is -2.33. The molecule has 0 saturated heterocycles. The molecule has 0 atom stereocenters. The Morgan fingerprint density at radius 3 is 2.16 bits per heavy atom. The lowest BCUT2D eigenvalue weighted by Gasteiger charge is -2.00. The van der Waals surface area contributed by atoms with Crippen molar-refractivity contribution in [3.63, 3.8) is 0 Å². The van der Waals surface area contributed by atoms with E-state index in [9.17, 15) is 4.79 Å². The smallest absolute Gasteiger partial charge is 0.214 e. The molecule has 0 radical (unpaired) electrons. The minimum absolute atomic E-state index is 0.0896. The van der Waals surface area contributed by atoms with Crippen molar-refractivity contribution in [3.8, 4) is 11.3 Å². The Balaban J connectivity index is 2.04. The molecule has 1 aromatic heterocycles. The zero-order valence-corrected chi connectivity index (χ0v) is 10.8. The molecule has 3 aromatic rings. The van der Waals surface area contributed by atoms with E-state index in [1.165, 1.54) is 0 Å². The normalized spacial score (nSPS) is 10.3. The van der Waals surface area contributed by atoms with Crippen molar-refractivity contribution in [2.75, 3.05) is 0 Å². The van der Waals surface area contributed by atoms with Crippen LogP contribution in [0.2, 0.25) is 0 Å². The van der Waals surface area contributed by atoms with Gasteiger partial charge in [-0.1, -0.05) is 60.7 Å². The topological polar surface area (TPSA) is 42.9 Å². The monoisotopic (exact) mass is 267 g/mol. The average molecular weight is 267 g/mol. The van der Waals surface area contributed by atoms with Crippen LogP contribution in [0.4, 0.5) is 0 Å². The average Bonchev–Trinajstić information content (AvgIpc) is 2.98. The van der Waals surface area contributed by atoms with Gasteiger partial charge in [-0.15, -0.1) is 0 Å². The molecule has 0 fully saturated rings. The quantitative estimate of drug-likeness (QED) is 0.683. The molecule has 0 unspecified atom stereocenters. The van der Waals surface area contributed by atoms with E-state index in [0.717, 1.165) is 17.3 Å². The number of benzene rings is 2. The van der Waals surface area contributed by atoms with Crippen molar-refractivity contribution < 1.29 is 4.79 Å². The summed E-state index contributed by atoms with van der Waals surface area (Å²) in [5.74, 6) is -0.0896. The van der Waals surface area contributed by atoms with Crippen LogP contribution in [0.3, 0.4) is 0 Å². The molecular formula is C15H10N2OS. The van der Waals surface area contributed by atoms with Crippen molar-refractivity contribution in [2.24, 2.45) is 0 Å². The van der Waals surface area contributed by atoms with Gasteiger partial charge in [0.05, 0.1) is 11.7 Å². The molecule has 0 aliphatic carbocycles. The standard InChI is InChI=1S/C15H10N2OS/c18-15(12-9-5-2-6-10-12)14-13(16-19-17-14)11-7-3-1-4-8-11/h1-10H/i16+1. The number of aromatic nitrogens is 2. The fourth-order valence-electron chi connectivity index (χ4n) is 1.85. The highest BCUT2D eigenvalue weighted by atomic mass is 32.1. The van der Waals surface area contributed by atoms with Gasteiger partial charge in [0.25, 0.3) is 0 Å². The molecule has 0 aliphatic rings. The molecular weight excluding hydrogens is 257 g/mol. The molecule has 4 heteroatoms. The first-order chi connectivity index (χ1) is 9.36. The lowest BCUT2D eigenvalue weighted by atomic mass is 10.0. The van der Waals surface area contributed by atoms with Gasteiger partial charge in [0.1, 0.15) is 5.69 Å². The SMILES string of the molecule is O=C(c1ccccc1)c1ns[15n]c1-c1ccccc1. The van der Waals surface area contributed by atoms with Crippen molar-refractivity contribution >= 4 is 17.5 Å². The summed E-state index contributed by atoms with van der Waals surface area (Å²) in [5.41, 5.74) is 2.62. The van der Waals surface area contributed by atoms with Gasteiger partial charge in [-0.3, -0.25) is 4.79 Å². The summed E-state index contributed by atoms with van der Waals surface area (Å²) < 4.78 is 8.39. The lowest BCUT2D eigenvalue weighted by Crippen LogP contribution is -2.03. The van der Waals surface area contributed by atoms with Crippen molar-refractivity contribution in [1.82, 2.24) is 8.75 Å². The fraction of sp³-hybridized carbons (Fsp3) is 0. The maximum atomic E-state index is 12.4. The fourth-order valence-corrected chi connectivity index (χ4v) is 2.41.